The van der Waals surface area contributed by atoms with Gasteiger partial charge in [-0.2, -0.15) is 5.10 Å². The SMILES string of the molecule is Cc1[nH]nc(C(=O)Nc2cccc(Cl)c2Cl)c1N. The molecule has 0 saturated carbocycles. The van der Waals surface area contributed by atoms with E-state index in [-0.39, 0.29) is 10.7 Å². The number of nitrogens with two attached hydrogens (primary N) is 1. The first-order valence-corrected chi connectivity index (χ1v) is 5.82. The maximum absolute atomic E-state index is 11.9. The highest BCUT2D eigenvalue weighted by Gasteiger charge is 2.16. The van der Waals surface area contributed by atoms with Crippen molar-refractivity contribution in [1.82, 2.24) is 10.2 Å². The highest BCUT2D eigenvalue weighted by atomic mass is 35.5. The Labute approximate surface area is 113 Å². The fourth-order valence-electron chi connectivity index (χ4n) is 1.39. The van der Waals surface area contributed by atoms with Crippen LogP contribution in [-0.4, -0.2) is 16.1 Å². The summed E-state index contributed by atoms with van der Waals surface area (Å²) < 4.78 is 0. The van der Waals surface area contributed by atoms with E-state index in [1.54, 1.807) is 25.1 Å². The third-order valence-corrected chi connectivity index (χ3v) is 3.23. The Morgan fingerprint density at radius 2 is 2.17 bits per heavy atom. The Balaban J connectivity index is 2.27. The highest BCUT2D eigenvalue weighted by molar-refractivity contribution is 6.44. The Morgan fingerprint density at radius 1 is 1.44 bits per heavy atom. The topological polar surface area (TPSA) is 83.8 Å². The van der Waals surface area contributed by atoms with Gasteiger partial charge in [0.15, 0.2) is 5.69 Å². The smallest absolute Gasteiger partial charge is 0.278 e. The molecule has 0 saturated heterocycles. The number of nitrogen functional groups attached to an aromatic ring is 1. The van der Waals surface area contributed by atoms with E-state index >= 15 is 0 Å². The van der Waals surface area contributed by atoms with Crippen molar-refractivity contribution in [2.24, 2.45) is 0 Å². The van der Waals surface area contributed by atoms with Gasteiger partial charge < -0.3 is 11.1 Å². The summed E-state index contributed by atoms with van der Waals surface area (Å²) in [5, 5.41) is 9.70. The molecule has 0 aliphatic rings. The molecule has 7 heteroatoms. The molecule has 0 radical (unpaired) electrons. The van der Waals surface area contributed by atoms with E-state index in [4.69, 9.17) is 28.9 Å². The van der Waals surface area contributed by atoms with Crippen LogP contribution in [0.5, 0.6) is 0 Å². The number of nitrogens with one attached hydrogen (secondary N) is 2. The van der Waals surface area contributed by atoms with E-state index in [0.717, 1.165) is 0 Å². The van der Waals surface area contributed by atoms with Gasteiger partial charge in [-0.25, -0.2) is 0 Å². The lowest BCUT2D eigenvalue weighted by Crippen LogP contribution is -2.14. The van der Waals surface area contributed by atoms with Crippen molar-refractivity contribution in [1.29, 1.82) is 0 Å². The van der Waals surface area contributed by atoms with Gasteiger partial charge in [0.05, 0.1) is 27.1 Å². The van der Waals surface area contributed by atoms with Gasteiger partial charge in [0, 0.05) is 0 Å². The minimum absolute atomic E-state index is 0.128. The van der Waals surface area contributed by atoms with Crippen LogP contribution >= 0.6 is 23.2 Å². The Morgan fingerprint density at radius 3 is 2.78 bits per heavy atom. The van der Waals surface area contributed by atoms with Gasteiger partial charge in [-0.1, -0.05) is 29.3 Å². The zero-order valence-corrected chi connectivity index (χ0v) is 10.9. The Hall–Kier alpha value is -1.72. The van der Waals surface area contributed by atoms with E-state index in [1.807, 2.05) is 0 Å². The first kappa shape index (κ1) is 12.7. The summed E-state index contributed by atoms with van der Waals surface area (Å²) in [6, 6.07) is 4.96. The molecule has 0 spiro atoms. The molecule has 5 nitrogen and oxygen atoms in total. The number of aromatic amines is 1. The van der Waals surface area contributed by atoms with Gasteiger partial charge in [-0.15, -0.1) is 0 Å². The van der Waals surface area contributed by atoms with Crippen molar-refractivity contribution in [2.75, 3.05) is 11.1 Å². The Bertz CT molecular complexity index is 609. The number of benzene rings is 1. The third kappa shape index (κ3) is 2.27. The van der Waals surface area contributed by atoms with Gasteiger partial charge in [0.25, 0.3) is 5.91 Å². The molecule has 0 bridgehead atoms. The molecule has 4 N–H and O–H groups in total. The second kappa shape index (κ2) is 4.88. The third-order valence-electron chi connectivity index (χ3n) is 2.41. The number of aryl methyl sites for hydroxylation is 1. The van der Waals surface area contributed by atoms with Crippen molar-refractivity contribution in [3.8, 4) is 0 Å². The molecule has 1 amide bonds. The average Bonchev–Trinajstić information content (AvgIpc) is 2.66. The summed E-state index contributed by atoms with van der Waals surface area (Å²) >= 11 is 11.8. The van der Waals surface area contributed by atoms with Crippen LogP contribution in [0.1, 0.15) is 16.2 Å². The van der Waals surface area contributed by atoms with Gasteiger partial charge >= 0.3 is 0 Å². The largest absolute Gasteiger partial charge is 0.395 e. The van der Waals surface area contributed by atoms with E-state index in [1.165, 1.54) is 0 Å². The highest BCUT2D eigenvalue weighted by Crippen LogP contribution is 2.30. The van der Waals surface area contributed by atoms with Crippen molar-refractivity contribution in [2.45, 2.75) is 6.92 Å². The van der Waals surface area contributed by atoms with Gasteiger partial charge in [0.2, 0.25) is 0 Å². The quantitative estimate of drug-likeness (QED) is 0.793. The molecule has 0 atom stereocenters. The van der Waals surface area contributed by atoms with Crippen molar-refractivity contribution < 1.29 is 4.79 Å². The van der Waals surface area contributed by atoms with Crippen LogP contribution in [0.4, 0.5) is 11.4 Å². The monoisotopic (exact) mass is 284 g/mol. The first-order valence-electron chi connectivity index (χ1n) is 5.06. The second-order valence-electron chi connectivity index (χ2n) is 3.67. The van der Waals surface area contributed by atoms with Crippen LogP contribution in [0, 0.1) is 6.92 Å². The maximum atomic E-state index is 11.9. The lowest BCUT2D eigenvalue weighted by Gasteiger charge is -2.07. The van der Waals surface area contributed by atoms with Crippen LogP contribution in [0.3, 0.4) is 0 Å². The number of H-pyrrole nitrogens is 1. The summed E-state index contributed by atoms with van der Waals surface area (Å²) in [5.74, 6) is -0.444. The summed E-state index contributed by atoms with van der Waals surface area (Å²) in [6.45, 7) is 1.73. The summed E-state index contributed by atoms with van der Waals surface area (Å²) in [5.41, 5.74) is 7.20. The molecule has 0 unspecified atom stereocenters. The molecule has 18 heavy (non-hydrogen) atoms. The number of halogens is 2. The first-order chi connectivity index (χ1) is 8.50. The van der Waals surface area contributed by atoms with Crippen LogP contribution in [0.2, 0.25) is 10.0 Å². The van der Waals surface area contributed by atoms with E-state index in [9.17, 15) is 4.79 Å². The molecular weight excluding hydrogens is 275 g/mol. The number of carbonyl (C=O) groups excluding carboxylic acids is 1. The number of nitrogens with zero attached hydrogens (tertiary/aromatic N) is 1. The standard InChI is InChI=1S/C11H10Cl2N4O/c1-5-9(14)10(17-16-5)11(18)15-7-4-2-3-6(12)8(7)13/h2-4H,14H2,1H3,(H,15,18)(H,16,17). The number of aromatic nitrogens is 2. The minimum atomic E-state index is -0.444. The maximum Gasteiger partial charge on any atom is 0.278 e. The molecule has 2 aromatic rings. The zero-order valence-electron chi connectivity index (χ0n) is 9.42. The Kier molecular flexibility index (Phi) is 3.45. The molecule has 1 aromatic heterocycles. The number of amides is 1. The number of hydrogen-bond acceptors (Lipinski definition) is 3. The number of hydrogen-bond donors (Lipinski definition) is 3. The molecule has 1 heterocycles. The average molecular weight is 285 g/mol. The summed E-state index contributed by atoms with van der Waals surface area (Å²) in [7, 11) is 0. The van der Waals surface area contributed by atoms with E-state index in [2.05, 4.69) is 15.5 Å². The zero-order chi connectivity index (χ0) is 13.3. The number of anilines is 2. The summed E-state index contributed by atoms with van der Waals surface area (Å²) in [6.07, 6.45) is 0. The lowest BCUT2D eigenvalue weighted by atomic mass is 10.2. The van der Waals surface area contributed by atoms with Crippen LogP contribution < -0.4 is 11.1 Å². The van der Waals surface area contributed by atoms with E-state index in [0.29, 0.717) is 22.1 Å². The predicted molar refractivity (Wildman–Crippen MR) is 72.2 cm³/mol. The fraction of sp³-hybridized carbons (Fsp3) is 0.0909. The van der Waals surface area contributed by atoms with Crippen LogP contribution in [-0.2, 0) is 0 Å². The predicted octanol–water partition coefficient (Wildman–Crippen LogP) is 2.86. The fourth-order valence-corrected chi connectivity index (χ4v) is 1.74. The van der Waals surface area contributed by atoms with Gasteiger partial charge in [-0.05, 0) is 19.1 Å². The molecule has 1 aromatic carbocycles. The molecule has 0 fully saturated rings. The number of rotatable bonds is 2. The van der Waals surface area contributed by atoms with Crippen molar-refractivity contribution in [3.05, 3.63) is 39.6 Å². The molecule has 0 aliphatic heterocycles. The molecule has 94 valence electrons. The van der Waals surface area contributed by atoms with Crippen LogP contribution in [0.25, 0.3) is 0 Å². The van der Waals surface area contributed by atoms with Crippen molar-refractivity contribution >= 4 is 40.5 Å². The van der Waals surface area contributed by atoms with Crippen LogP contribution in [0.15, 0.2) is 18.2 Å². The lowest BCUT2D eigenvalue weighted by molar-refractivity contribution is 0.102. The summed E-state index contributed by atoms with van der Waals surface area (Å²) in [4.78, 5) is 11.9. The second-order valence-corrected chi connectivity index (χ2v) is 4.45. The molecule has 0 aliphatic carbocycles. The number of carbonyl (C=O) groups is 1. The van der Waals surface area contributed by atoms with Crippen molar-refractivity contribution in [3.63, 3.8) is 0 Å². The molecular formula is C11H10Cl2N4O. The van der Waals surface area contributed by atoms with Gasteiger partial charge in [0.1, 0.15) is 0 Å². The van der Waals surface area contributed by atoms with Gasteiger partial charge in [-0.3, -0.25) is 9.89 Å². The van der Waals surface area contributed by atoms with E-state index < -0.39 is 5.91 Å². The molecule has 2 rings (SSSR count). The normalized spacial score (nSPS) is 10.4. The minimum Gasteiger partial charge on any atom is -0.395 e.